The van der Waals surface area contributed by atoms with E-state index in [1.807, 2.05) is 0 Å². The summed E-state index contributed by atoms with van der Waals surface area (Å²) in [6.45, 7) is 21.4. The molecule has 0 aliphatic carbocycles. The van der Waals surface area contributed by atoms with Crippen LogP contribution >= 0.6 is 34.3 Å². The van der Waals surface area contributed by atoms with Crippen LogP contribution in [0.2, 0.25) is 0 Å². The van der Waals surface area contributed by atoms with Gasteiger partial charge < -0.3 is 30.0 Å². The molecule has 0 atom stereocenters. The number of aromatic nitrogens is 2. The standard InChI is InChI=1S/C33H47N5O3S2.C26H31ClN2OS.C7H17N3O2S/c1-21-17-22(2)19-23(18-21)30-27(13-16-37-14-11-24(12-15-37)35-43(40,41)36(5)6)28-20-29(42-31(28)34-30)33(3,4)32(39)38-25-7-8-26(38)10-9-25;1-15-11-16(2)13-17(12-15)23-20(9-10-27)21-14-22(31-24(21)28-23)26(3,4)25(30)29-18-5-6-19(29)8-7-18;1-10(2)13(11,12)9-7-3-5-8-6-4-7/h17-20,24-26,34-35H,7-16H2,1-6H3;11-14,18-19,28H,5-10H2,1-4H3;7-9H,3-6H2,1-2H3. The Balaban J connectivity index is 0.000000165. The van der Waals surface area contributed by atoms with Gasteiger partial charge in [-0.25, -0.2) is 0 Å². The molecule has 16 nitrogen and oxygen atoms in total. The number of carbonyl (C=O) groups excluding carboxylic acids is 2. The highest BCUT2D eigenvalue weighted by Crippen LogP contribution is 2.47. The monoisotopic (exact) mass is 1290 g/mol. The van der Waals surface area contributed by atoms with Crippen LogP contribution in [-0.4, -0.2) is 165 Å². The fourth-order valence-electron chi connectivity index (χ4n) is 14.5. The minimum absolute atomic E-state index is 0.0292. The van der Waals surface area contributed by atoms with E-state index in [1.54, 1.807) is 36.8 Å². The van der Waals surface area contributed by atoms with Crippen molar-refractivity contribution in [2.45, 2.75) is 192 Å². The summed E-state index contributed by atoms with van der Waals surface area (Å²) in [5, 5.41) is 5.63. The predicted molar refractivity (Wildman–Crippen MR) is 359 cm³/mol. The number of fused-ring (bicyclic) bond motifs is 6. The Hall–Kier alpha value is -4.19. The third-order valence-corrected chi connectivity index (χ3v) is 25.6. The van der Waals surface area contributed by atoms with Crippen LogP contribution in [0, 0.1) is 27.7 Å². The molecular formula is C66H95ClN10O6S4. The number of nitrogens with one attached hydrogen (secondary N) is 5. The predicted octanol–water partition coefficient (Wildman–Crippen LogP) is 11.2. The minimum atomic E-state index is -3.42. The van der Waals surface area contributed by atoms with Crippen molar-refractivity contribution in [1.29, 1.82) is 0 Å². The highest BCUT2D eigenvalue weighted by atomic mass is 35.5. The van der Waals surface area contributed by atoms with E-state index in [4.69, 9.17) is 11.6 Å². The number of hydrogen-bond donors (Lipinski definition) is 5. The number of amides is 2. The average Bonchev–Trinajstić information content (AvgIpc) is 1.69. The number of alkyl halides is 1. The van der Waals surface area contributed by atoms with Crippen molar-refractivity contribution in [1.82, 2.24) is 48.0 Å². The minimum Gasteiger partial charge on any atom is -0.346 e. The van der Waals surface area contributed by atoms with Crippen LogP contribution in [0.3, 0.4) is 0 Å². The maximum atomic E-state index is 13.9. The molecule has 21 heteroatoms. The third-order valence-electron chi connectivity index (χ3n) is 19.4. The van der Waals surface area contributed by atoms with Crippen molar-refractivity contribution in [2.24, 2.45) is 0 Å². The summed E-state index contributed by atoms with van der Waals surface area (Å²) in [7, 11) is -0.478. The molecular weight excluding hydrogens is 1190 g/mol. The summed E-state index contributed by atoms with van der Waals surface area (Å²) in [6.07, 6.45) is 14.4. The first-order valence-electron chi connectivity index (χ1n) is 31.7. The van der Waals surface area contributed by atoms with Gasteiger partial charge in [-0.05, 0) is 230 Å². The quantitative estimate of drug-likeness (QED) is 0.0558. The fourth-order valence-corrected chi connectivity index (χ4v) is 18.8. The smallest absolute Gasteiger partial charge is 0.279 e. The molecule has 476 valence electrons. The lowest BCUT2D eigenvalue weighted by Gasteiger charge is -2.32. The van der Waals surface area contributed by atoms with Crippen molar-refractivity contribution in [2.75, 3.05) is 66.8 Å². The van der Waals surface area contributed by atoms with Crippen molar-refractivity contribution in [3.63, 3.8) is 0 Å². The van der Waals surface area contributed by atoms with Crippen molar-refractivity contribution >= 4 is 86.9 Å². The van der Waals surface area contributed by atoms with Crippen molar-refractivity contribution < 1.29 is 26.4 Å². The molecule has 0 saturated carbocycles. The Morgan fingerprint density at radius 1 is 0.552 bits per heavy atom. The molecule has 6 saturated heterocycles. The highest BCUT2D eigenvalue weighted by molar-refractivity contribution is 7.87. The van der Waals surface area contributed by atoms with Gasteiger partial charge in [-0.15, -0.1) is 34.3 Å². The van der Waals surface area contributed by atoms with E-state index >= 15 is 0 Å². The fraction of sp³-hybridized carbons (Fsp3) is 0.606. The van der Waals surface area contributed by atoms with E-state index in [1.165, 1.54) is 115 Å². The second-order valence-corrected chi connectivity index (χ2v) is 33.5. The van der Waals surface area contributed by atoms with Crippen LogP contribution in [0.1, 0.15) is 148 Å². The first-order valence-corrected chi connectivity index (χ1v) is 36.7. The number of rotatable bonds is 17. The molecule has 0 unspecified atom stereocenters. The second kappa shape index (κ2) is 26.6. The molecule has 12 rings (SSSR count). The lowest BCUT2D eigenvalue weighted by Crippen LogP contribution is -2.48. The Bertz CT molecular complexity index is 3600. The number of hydrogen-bond acceptors (Lipinski definition) is 10. The zero-order chi connectivity index (χ0) is 62.5. The van der Waals surface area contributed by atoms with E-state index in [0.717, 1.165) is 116 Å². The van der Waals surface area contributed by atoms with Gasteiger partial charge in [0, 0.05) is 97.4 Å². The molecule has 2 amide bonds. The molecule has 0 radical (unpaired) electrons. The Morgan fingerprint density at radius 3 is 1.26 bits per heavy atom. The van der Waals surface area contributed by atoms with Crippen LogP contribution in [-0.2, 0) is 53.7 Å². The van der Waals surface area contributed by atoms with Gasteiger partial charge in [0.25, 0.3) is 20.4 Å². The topological polar surface area (TPSA) is 186 Å². The second-order valence-electron chi connectivity index (χ2n) is 27.2. The zero-order valence-electron chi connectivity index (χ0n) is 53.4. The van der Waals surface area contributed by atoms with Gasteiger partial charge >= 0.3 is 0 Å². The largest absolute Gasteiger partial charge is 0.346 e. The van der Waals surface area contributed by atoms with Crippen molar-refractivity contribution in [3.05, 3.63) is 91.7 Å². The van der Waals surface area contributed by atoms with Gasteiger partial charge in [0.15, 0.2) is 0 Å². The first-order chi connectivity index (χ1) is 41.1. The third kappa shape index (κ3) is 14.2. The number of benzene rings is 2. The van der Waals surface area contributed by atoms with Gasteiger partial charge in [-0.1, -0.05) is 34.4 Å². The molecule has 6 fully saturated rings. The van der Waals surface area contributed by atoms with Crippen molar-refractivity contribution in [3.8, 4) is 22.5 Å². The zero-order valence-corrected chi connectivity index (χ0v) is 57.4. The molecule has 4 aromatic heterocycles. The molecule has 6 aromatic rings. The molecule has 4 bridgehead atoms. The first kappa shape index (κ1) is 65.8. The van der Waals surface area contributed by atoms with Crippen LogP contribution in [0.25, 0.3) is 42.9 Å². The summed E-state index contributed by atoms with van der Waals surface area (Å²) in [5.74, 6) is 1.16. The van der Waals surface area contributed by atoms with Crippen LogP contribution in [0.5, 0.6) is 0 Å². The normalized spacial score (nSPS) is 21.4. The number of aryl methyl sites for hydroxylation is 5. The number of thiophene rings is 2. The van der Waals surface area contributed by atoms with Gasteiger partial charge in [0.05, 0.1) is 22.2 Å². The Labute approximate surface area is 531 Å². The lowest BCUT2D eigenvalue weighted by atomic mass is 9.88. The van der Waals surface area contributed by atoms with Gasteiger partial charge in [0.1, 0.15) is 9.66 Å². The van der Waals surface area contributed by atoms with Crippen LogP contribution in [0.15, 0.2) is 48.5 Å². The molecule has 0 spiro atoms. The summed E-state index contributed by atoms with van der Waals surface area (Å²) in [5.41, 5.74) is 11.3. The molecule has 87 heavy (non-hydrogen) atoms. The summed E-state index contributed by atoms with van der Waals surface area (Å²) >= 11 is 9.68. The number of piperidine rings is 2. The Morgan fingerprint density at radius 2 is 0.908 bits per heavy atom. The van der Waals surface area contributed by atoms with E-state index in [2.05, 4.69) is 143 Å². The van der Waals surface area contributed by atoms with Gasteiger partial charge in [-0.3, -0.25) is 9.59 Å². The number of halogens is 1. The maximum Gasteiger partial charge on any atom is 0.279 e. The maximum absolute atomic E-state index is 13.9. The van der Waals surface area contributed by atoms with E-state index in [-0.39, 0.29) is 18.0 Å². The van der Waals surface area contributed by atoms with E-state index in [9.17, 15) is 26.4 Å². The summed E-state index contributed by atoms with van der Waals surface area (Å²) in [6, 6.07) is 19.8. The molecule has 10 heterocycles. The van der Waals surface area contributed by atoms with Gasteiger partial charge in [0.2, 0.25) is 11.8 Å². The number of carbonyl (C=O) groups is 2. The molecule has 2 aromatic carbocycles. The summed E-state index contributed by atoms with van der Waals surface area (Å²) < 4.78 is 55.3. The molecule has 6 aliphatic heterocycles. The molecule has 5 N–H and O–H groups in total. The van der Waals surface area contributed by atoms with Gasteiger partial charge in [-0.2, -0.15) is 34.9 Å². The number of likely N-dealkylation sites (tertiary alicyclic amines) is 1. The van der Waals surface area contributed by atoms with Crippen LogP contribution < -0.4 is 14.8 Å². The van der Waals surface area contributed by atoms with E-state index in [0.29, 0.717) is 36.0 Å². The number of H-pyrrole nitrogens is 2. The Kier molecular flexibility index (Phi) is 20.1. The van der Waals surface area contributed by atoms with E-state index < -0.39 is 31.2 Å². The SMILES string of the molecule is CN(C)S(=O)(=O)NC1CCNCC1.Cc1cc(C)cc(-c2[nH]c3sc(C(C)(C)C(=O)N4C5CCC4CC5)cc3c2CCCl)c1.Cc1cc(C)cc(-c2[nH]c3sc(C(C)(C)C(=O)N4C5CCC4CC5)cc3c2CCN2CCC(NS(=O)(=O)N(C)C)CC2)c1. The molecule has 6 aliphatic rings. The lowest BCUT2D eigenvalue weighted by molar-refractivity contribution is -0.138. The van der Waals surface area contributed by atoms with Crippen LogP contribution in [0.4, 0.5) is 0 Å². The summed E-state index contributed by atoms with van der Waals surface area (Å²) in [4.78, 5) is 46.5. The number of aromatic amines is 2. The highest BCUT2D eigenvalue weighted by Gasteiger charge is 2.49. The number of nitrogens with zero attached hydrogens (tertiary/aromatic N) is 5. The average molecular weight is 1290 g/mol.